The van der Waals surface area contributed by atoms with Crippen molar-refractivity contribution in [3.05, 3.63) is 23.8 Å². The molecule has 0 saturated heterocycles. The van der Waals surface area contributed by atoms with Crippen LogP contribution in [0.4, 0.5) is 8.78 Å². The molecule has 6 heteroatoms. The Kier molecular flexibility index (Phi) is 6.52. The molecular formula is C13H19F2NO3. The third-order valence-electron chi connectivity index (χ3n) is 2.74. The lowest BCUT2D eigenvalue weighted by Crippen LogP contribution is -2.26. The van der Waals surface area contributed by atoms with Crippen LogP contribution in [0.2, 0.25) is 0 Å². The van der Waals surface area contributed by atoms with Gasteiger partial charge in [-0.3, -0.25) is 4.90 Å². The fourth-order valence-corrected chi connectivity index (χ4v) is 1.80. The van der Waals surface area contributed by atoms with Crippen molar-refractivity contribution in [1.29, 1.82) is 0 Å². The summed E-state index contributed by atoms with van der Waals surface area (Å²) in [6.07, 6.45) is 0. The minimum absolute atomic E-state index is 0.0167. The number of hydrogen-bond acceptors (Lipinski definition) is 4. The topological polar surface area (TPSA) is 41.9 Å². The predicted molar refractivity (Wildman–Crippen MR) is 67.7 cm³/mol. The molecule has 0 heterocycles. The van der Waals surface area contributed by atoms with Crippen LogP contribution in [0.15, 0.2) is 18.2 Å². The van der Waals surface area contributed by atoms with Crippen LogP contribution in [-0.4, -0.2) is 43.4 Å². The standard InChI is InChI=1S/C13H19F2NO3/c1-3-16(7-8-17)9-10-5-4-6-11(18-2)12(10)19-13(14)15/h4-6,13,17H,3,7-9H2,1-2H3. The lowest BCUT2D eigenvalue weighted by atomic mass is 10.1. The highest BCUT2D eigenvalue weighted by atomic mass is 19.3. The van der Waals surface area contributed by atoms with Gasteiger partial charge >= 0.3 is 6.61 Å². The van der Waals surface area contributed by atoms with E-state index < -0.39 is 6.61 Å². The molecule has 19 heavy (non-hydrogen) atoms. The van der Waals surface area contributed by atoms with Gasteiger partial charge in [-0.2, -0.15) is 8.78 Å². The molecule has 1 rings (SSSR count). The lowest BCUT2D eigenvalue weighted by molar-refractivity contribution is -0.0521. The number of benzene rings is 1. The summed E-state index contributed by atoms with van der Waals surface area (Å²) < 4.78 is 34.5. The minimum atomic E-state index is -2.90. The second kappa shape index (κ2) is 7.91. The summed E-state index contributed by atoms with van der Waals surface area (Å²) in [5.74, 6) is 0.328. The Hall–Kier alpha value is -1.40. The third kappa shape index (κ3) is 4.65. The first kappa shape index (κ1) is 15.7. The quantitative estimate of drug-likeness (QED) is 0.789. The van der Waals surface area contributed by atoms with Gasteiger partial charge in [-0.1, -0.05) is 19.1 Å². The zero-order valence-corrected chi connectivity index (χ0v) is 11.1. The summed E-state index contributed by atoms with van der Waals surface area (Å²) >= 11 is 0. The number of aliphatic hydroxyl groups excluding tert-OH is 1. The molecule has 0 saturated carbocycles. The smallest absolute Gasteiger partial charge is 0.387 e. The van der Waals surface area contributed by atoms with E-state index in [-0.39, 0.29) is 18.1 Å². The Labute approximate surface area is 111 Å². The van der Waals surface area contributed by atoms with E-state index in [2.05, 4.69) is 4.74 Å². The molecule has 1 aromatic rings. The molecule has 108 valence electrons. The zero-order chi connectivity index (χ0) is 14.3. The first-order valence-corrected chi connectivity index (χ1v) is 6.06. The highest BCUT2D eigenvalue weighted by Crippen LogP contribution is 2.33. The fraction of sp³-hybridized carbons (Fsp3) is 0.538. The predicted octanol–water partition coefficient (Wildman–Crippen LogP) is 2.11. The lowest BCUT2D eigenvalue weighted by Gasteiger charge is -2.21. The van der Waals surface area contributed by atoms with Crippen LogP contribution < -0.4 is 9.47 Å². The molecule has 1 N–H and O–H groups in total. The van der Waals surface area contributed by atoms with Crippen LogP contribution in [0.25, 0.3) is 0 Å². The van der Waals surface area contributed by atoms with Gasteiger partial charge < -0.3 is 14.6 Å². The minimum Gasteiger partial charge on any atom is -0.493 e. The van der Waals surface area contributed by atoms with E-state index in [0.717, 1.165) is 0 Å². The van der Waals surface area contributed by atoms with Gasteiger partial charge in [-0.15, -0.1) is 0 Å². The van der Waals surface area contributed by atoms with Gasteiger partial charge in [0, 0.05) is 18.7 Å². The number of alkyl halides is 2. The molecule has 0 unspecified atom stereocenters. The number of para-hydroxylation sites is 1. The van der Waals surface area contributed by atoms with E-state index in [9.17, 15) is 8.78 Å². The van der Waals surface area contributed by atoms with Crippen LogP contribution in [0.5, 0.6) is 11.5 Å². The zero-order valence-electron chi connectivity index (χ0n) is 11.1. The molecule has 0 atom stereocenters. The Morgan fingerprint density at radius 2 is 2.11 bits per heavy atom. The van der Waals surface area contributed by atoms with Crippen LogP contribution in [0.3, 0.4) is 0 Å². The van der Waals surface area contributed by atoms with Crippen molar-refractivity contribution in [2.75, 3.05) is 26.8 Å². The van der Waals surface area contributed by atoms with Crippen molar-refractivity contribution in [1.82, 2.24) is 4.90 Å². The molecule has 0 bridgehead atoms. The average Bonchev–Trinajstić information content (AvgIpc) is 2.39. The Morgan fingerprint density at radius 3 is 2.63 bits per heavy atom. The summed E-state index contributed by atoms with van der Waals surface area (Å²) in [6, 6.07) is 5.00. The van der Waals surface area contributed by atoms with Crippen LogP contribution in [0.1, 0.15) is 12.5 Å². The van der Waals surface area contributed by atoms with Gasteiger partial charge in [-0.25, -0.2) is 0 Å². The number of hydrogen-bond donors (Lipinski definition) is 1. The maximum atomic E-state index is 12.5. The number of ether oxygens (including phenoxy) is 2. The highest BCUT2D eigenvalue weighted by Gasteiger charge is 2.16. The second-order valence-corrected chi connectivity index (χ2v) is 3.92. The third-order valence-corrected chi connectivity index (χ3v) is 2.74. The first-order chi connectivity index (χ1) is 9.12. The van der Waals surface area contributed by atoms with E-state index >= 15 is 0 Å². The largest absolute Gasteiger partial charge is 0.493 e. The normalized spacial score (nSPS) is 11.1. The molecule has 0 aliphatic carbocycles. The van der Waals surface area contributed by atoms with E-state index in [1.807, 2.05) is 11.8 Å². The van der Waals surface area contributed by atoms with Crippen LogP contribution in [0, 0.1) is 0 Å². The van der Waals surface area contributed by atoms with Crippen molar-refractivity contribution >= 4 is 0 Å². The molecule has 0 fully saturated rings. The molecule has 0 spiro atoms. The van der Waals surface area contributed by atoms with Gasteiger partial charge in [0.15, 0.2) is 11.5 Å². The summed E-state index contributed by atoms with van der Waals surface area (Å²) in [5, 5.41) is 8.94. The van der Waals surface area contributed by atoms with Crippen molar-refractivity contribution in [2.24, 2.45) is 0 Å². The summed E-state index contributed by atoms with van der Waals surface area (Å²) in [4.78, 5) is 1.92. The number of likely N-dealkylation sites (N-methyl/N-ethyl adjacent to an activating group) is 1. The number of halogens is 2. The van der Waals surface area contributed by atoms with Gasteiger partial charge in [0.25, 0.3) is 0 Å². The van der Waals surface area contributed by atoms with E-state index in [4.69, 9.17) is 9.84 Å². The summed E-state index contributed by atoms with van der Waals surface area (Å²) in [6.45, 7) is 0.638. The molecule has 0 aliphatic heterocycles. The molecule has 4 nitrogen and oxygen atoms in total. The Balaban J connectivity index is 2.97. The maximum absolute atomic E-state index is 12.5. The van der Waals surface area contributed by atoms with Gasteiger partial charge in [0.05, 0.1) is 13.7 Å². The molecular weight excluding hydrogens is 256 g/mol. The van der Waals surface area contributed by atoms with Crippen molar-refractivity contribution < 1.29 is 23.4 Å². The average molecular weight is 275 g/mol. The Morgan fingerprint density at radius 1 is 1.37 bits per heavy atom. The van der Waals surface area contributed by atoms with Crippen molar-refractivity contribution in [3.8, 4) is 11.5 Å². The number of methoxy groups -OCH3 is 1. The number of aliphatic hydroxyl groups is 1. The van der Waals surface area contributed by atoms with Crippen molar-refractivity contribution in [3.63, 3.8) is 0 Å². The van der Waals surface area contributed by atoms with Crippen LogP contribution >= 0.6 is 0 Å². The van der Waals surface area contributed by atoms with Gasteiger partial charge in [-0.05, 0) is 12.6 Å². The molecule has 0 aliphatic rings. The van der Waals surface area contributed by atoms with E-state index in [1.54, 1.807) is 18.2 Å². The SMILES string of the molecule is CCN(CCO)Cc1cccc(OC)c1OC(F)F. The number of rotatable bonds is 8. The number of nitrogens with zero attached hydrogens (tertiary/aromatic N) is 1. The van der Waals surface area contributed by atoms with Gasteiger partial charge in [0.2, 0.25) is 0 Å². The Bertz CT molecular complexity index is 388. The summed E-state index contributed by atoms with van der Waals surface area (Å²) in [7, 11) is 1.41. The fourth-order valence-electron chi connectivity index (χ4n) is 1.80. The van der Waals surface area contributed by atoms with Crippen molar-refractivity contribution in [2.45, 2.75) is 20.1 Å². The van der Waals surface area contributed by atoms with Crippen LogP contribution in [-0.2, 0) is 6.54 Å². The monoisotopic (exact) mass is 275 g/mol. The highest BCUT2D eigenvalue weighted by molar-refractivity contribution is 5.46. The second-order valence-electron chi connectivity index (χ2n) is 3.92. The molecule has 0 aromatic heterocycles. The van der Waals surface area contributed by atoms with E-state index in [0.29, 0.717) is 25.2 Å². The maximum Gasteiger partial charge on any atom is 0.387 e. The summed E-state index contributed by atoms with van der Waals surface area (Å²) in [5.41, 5.74) is 0.606. The molecule has 0 amide bonds. The molecule has 0 radical (unpaired) electrons. The van der Waals surface area contributed by atoms with Gasteiger partial charge in [0.1, 0.15) is 0 Å². The first-order valence-electron chi connectivity index (χ1n) is 6.06. The molecule has 1 aromatic carbocycles. The van der Waals surface area contributed by atoms with E-state index in [1.165, 1.54) is 7.11 Å².